The van der Waals surface area contributed by atoms with Gasteiger partial charge in [-0.3, -0.25) is 5.10 Å². The second kappa shape index (κ2) is 5.45. The van der Waals surface area contributed by atoms with E-state index in [0.717, 1.165) is 12.1 Å². The van der Waals surface area contributed by atoms with Crippen LogP contribution < -0.4 is 0 Å². The van der Waals surface area contributed by atoms with Gasteiger partial charge in [0.1, 0.15) is 12.6 Å². The number of ether oxygens (including phenoxy) is 1. The SMILES string of the molecule is CCOCn1ccnc1-c1cc(C(F)(F)F)cc2[nH]ncc12. The molecule has 0 spiro atoms. The largest absolute Gasteiger partial charge is 0.416 e. The Hall–Kier alpha value is -2.35. The summed E-state index contributed by atoms with van der Waals surface area (Å²) in [6.07, 6.45) is 0.244. The molecule has 8 heteroatoms. The van der Waals surface area contributed by atoms with Crippen molar-refractivity contribution in [3.05, 3.63) is 36.3 Å². The number of hydrogen-bond donors (Lipinski definition) is 1. The fourth-order valence-corrected chi connectivity index (χ4v) is 2.25. The highest BCUT2D eigenvalue weighted by Gasteiger charge is 2.32. The summed E-state index contributed by atoms with van der Waals surface area (Å²) in [7, 11) is 0. The fourth-order valence-electron chi connectivity index (χ4n) is 2.25. The first-order valence-electron chi connectivity index (χ1n) is 6.64. The van der Waals surface area contributed by atoms with Crippen LogP contribution in [0.5, 0.6) is 0 Å². The minimum atomic E-state index is -4.44. The van der Waals surface area contributed by atoms with E-state index in [1.165, 1.54) is 12.4 Å². The third-order valence-electron chi connectivity index (χ3n) is 3.28. The average Bonchev–Trinajstić information content (AvgIpc) is 3.11. The van der Waals surface area contributed by atoms with Crippen molar-refractivity contribution < 1.29 is 17.9 Å². The van der Waals surface area contributed by atoms with Gasteiger partial charge in [0.05, 0.1) is 17.3 Å². The van der Waals surface area contributed by atoms with Gasteiger partial charge in [-0.05, 0) is 19.1 Å². The lowest BCUT2D eigenvalue weighted by molar-refractivity contribution is -0.137. The summed E-state index contributed by atoms with van der Waals surface area (Å²) in [4.78, 5) is 4.17. The summed E-state index contributed by atoms with van der Waals surface area (Å²) in [5, 5.41) is 6.99. The number of halogens is 3. The van der Waals surface area contributed by atoms with Crippen molar-refractivity contribution in [3.8, 4) is 11.4 Å². The van der Waals surface area contributed by atoms with Gasteiger partial charge < -0.3 is 9.30 Å². The third-order valence-corrected chi connectivity index (χ3v) is 3.28. The highest BCUT2D eigenvalue weighted by Crippen LogP contribution is 2.36. The monoisotopic (exact) mass is 310 g/mol. The minimum Gasteiger partial charge on any atom is -0.361 e. The van der Waals surface area contributed by atoms with E-state index < -0.39 is 11.7 Å². The number of alkyl halides is 3. The topological polar surface area (TPSA) is 55.7 Å². The Kier molecular flexibility index (Phi) is 3.61. The molecule has 0 aliphatic rings. The van der Waals surface area contributed by atoms with Crippen molar-refractivity contribution in [1.82, 2.24) is 19.7 Å². The second-order valence-electron chi connectivity index (χ2n) is 4.70. The van der Waals surface area contributed by atoms with Gasteiger partial charge in [-0.15, -0.1) is 0 Å². The van der Waals surface area contributed by atoms with Gasteiger partial charge in [-0.25, -0.2) is 4.98 Å². The van der Waals surface area contributed by atoms with E-state index in [0.29, 0.717) is 28.9 Å². The van der Waals surface area contributed by atoms with E-state index in [9.17, 15) is 13.2 Å². The van der Waals surface area contributed by atoms with Crippen molar-refractivity contribution in [1.29, 1.82) is 0 Å². The standard InChI is InChI=1S/C14H13F3N4O/c1-2-22-8-21-4-3-18-13(21)10-5-9(14(15,16)17)6-12-11(10)7-19-20-12/h3-7H,2,8H2,1H3,(H,19,20). The maximum atomic E-state index is 13.1. The number of fused-ring (bicyclic) bond motifs is 1. The Morgan fingerprint density at radius 1 is 1.32 bits per heavy atom. The number of hydrogen-bond acceptors (Lipinski definition) is 3. The molecule has 0 fully saturated rings. The van der Waals surface area contributed by atoms with E-state index in [1.54, 1.807) is 10.8 Å². The molecule has 0 radical (unpaired) electrons. The molecule has 0 amide bonds. The van der Waals surface area contributed by atoms with Crippen LogP contribution in [0.1, 0.15) is 12.5 Å². The molecule has 22 heavy (non-hydrogen) atoms. The zero-order valence-corrected chi connectivity index (χ0v) is 11.7. The first-order valence-corrected chi connectivity index (χ1v) is 6.64. The molecule has 2 aromatic heterocycles. The van der Waals surface area contributed by atoms with Crippen LogP contribution in [0.15, 0.2) is 30.7 Å². The van der Waals surface area contributed by atoms with Crippen LogP contribution in [0.2, 0.25) is 0 Å². The molecular formula is C14H13F3N4O. The van der Waals surface area contributed by atoms with Crippen LogP contribution in [-0.2, 0) is 17.6 Å². The van der Waals surface area contributed by atoms with E-state index in [4.69, 9.17) is 4.74 Å². The first-order chi connectivity index (χ1) is 10.5. The van der Waals surface area contributed by atoms with E-state index in [1.807, 2.05) is 6.92 Å². The molecule has 0 saturated heterocycles. The van der Waals surface area contributed by atoms with Crippen LogP contribution >= 0.6 is 0 Å². The highest BCUT2D eigenvalue weighted by molar-refractivity contribution is 5.93. The molecule has 116 valence electrons. The summed E-state index contributed by atoms with van der Waals surface area (Å²) in [6.45, 7) is 2.57. The molecule has 0 saturated carbocycles. The van der Waals surface area contributed by atoms with Gasteiger partial charge in [0.2, 0.25) is 0 Å². The number of imidazole rings is 1. The van der Waals surface area contributed by atoms with E-state index >= 15 is 0 Å². The van der Waals surface area contributed by atoms with Crippen LogP contribution in [0.25, 0.3) is 22.3 Å². The van der Waals surface area contributed by atoms with E-state index in [-0.39, 0.29) is 6.73 Å². The molecule has 0 atom stereocenters. The lowest BCUT2D eigenvalue weighted by Gasteiger charge is -2.12. The number of H-pyrrole nitrogens is 1. The molecule has 0 aliphatic heterocycles. The van der Waals surface area contributed by atoms with Crippen molar-refractivity contribution in [2.24, 2.45) is 0 Å². The Morgan fingerprint density at radius 2 is 2.14 bits per heavy atom. The second-order valence-corrected chi connectivity index (χ2v) is 4.70. The Morgan fingerprint density at radius 3 is 2.86 bits per heavy atom. The van der Waals surface area contributed by atoms with Crippen LogP contribution in [0, 0.1) is 0 Å². The number of aromatic nitrogens is 4. The fraction of sp³-hybridized carbons (Fsp3) is 0.286. The molecule has 1 aromatic carbocycles. The summed E-state index contributed by atoms with van der Waals surface area (Å²) >= 11 is 0. The Balaban J connectivity index is 2.17. The molecule has 3 rings (SSSR count). The van der Waals surface area contributed by atoms with Crippen molar-refractivity contribution in [2.75, 3.05) is 6.61 Å². The maximum absolute atomic E-state index is 13.1. The molecular weight excluding hydrogens is 297 g/mol. The van der Waals surface area contributed by atoms with Gasteiger partial charge in [-0.2, -0.15) is 18.3 Å². The van der Waals surface area contributed by atoms with Crippen molar-refractivity contribution in [2.45, 2.75) is 19.8 Å². The normalized spacial score (nSPS) is 12.2. The molecule has 0 aliphatic carbocycles. The average molecular weight is 310 g/mol. The molecule has 3 aromatic rings. The van der Waals surface area contributed by atoms with Gasteiger partial charge in [0.25, 0.3) is 0 Å². The quantitative estimate of drug-likeness (QED) is 0.803. The third kappa shape index (κ3) is 2.57. The molecule has 0 unspecified atom stereocenters. The van der Waals surface area contributed by atoms with Crippen LogP contribution in [0.4, 0.5) is 13.2 Å². The number of benzene rings is 1. The molecule has 0 bridgehead atoms. The predicted molar refractivity (Wildman–Crippen MR) is 73.9 cm³/mol. The van der Waals surface area contributed by atoms with E-state index in [2.05, 4.69) is 15.2 Å². The lowest BCUT2D eigenvalue weighted by atomic mass is 10.1. The predicted octanol–water partition coefficient (Wildman–Crippen LogP) is 3.44. The van der Waals surface area contributed by atoms with Gasteiger partial charge >= 0.3 is 6.18 Å². The number of nitrogens with one attached hydrogen (secondary N) is 1. The smallest absolute Gasteiger partial charge is 0.361 e. The number of rotatable bonds is 4. The molecule has 5 nitrogen and oxygen atoms in total. The summed E-state index contributed by atoms with van der Waals surface area (Å²) in [5.74, 6) is 0.408. The van der Waals surface area contributed by atoms with Gasteiger partial charge in [0, 0.05) is 30.0 Å². The van der Waals surface area contributed by atoms with Crippen LogP contribution in [0.3, 0.4) is 0 Å². The summed E-state index contributed by atoms with van der Waals surface area (Å²) in [5.41, 5.74) is -0.0655. The maximum Gasteiger partial charge on any atom is 0.416 e. The lowest BCUT2D eigenvalue weighted by Crippen LogP contribution is -2.07. The molecule has 1 N–H and O–H groups in total. The molecule has 2 heterocycles. The first kappa shape index (κ1) is 14.6. The Bertz CT molecular complexity index is 791. The number of nitrogens with zero attached hydrogens (tertiary/aromatic N) is 3. The Labute approximate surface area is 123 Å². The van der Waals surface area contributed by atoms with Gasteiger partial charge in [0.15, 0.2) is 0 Å². The zero-order chi connectivity index (χ0) is 15.7. The zero-order valence-electron chi connectivity index (χ0n) is 11.7. The summed E-state index contributed by atoms with van der Waals surface area (Å²) < 4.78 is 46.1. The number of aromatic amines is 1. The van der Waals surface area contributed by atoms with Crippen LogP contribution in [-0.4, -0.2) is 26.4 Å². The highest BCUT2D eigenvalue weighted by atomic mass is 19.4. The van der Waals surface area contributed by atoms with Crippen molar-refractivity contribution >= 4 is 10.9 Å². The van der Waals surface area contributed by atoms with Crippen molar-refractivity contribution in [3.63, 3.8) is 0 Å². The minimum absolute atomic E-state index is 0.224. The van der Waals surface area contributed by atoms with Gasteiger partial charge in [-0.1, -0.05) is 0 Å². The summed E-state index contributed by atoms with van der Waals surface area (Å²) in [6, 6.07) is 2.13.